The summed E-state index contributed by atoms with van der Waals surface area (Å²) in [6.07, 6.45) is -1.14. The second-order valence-corrected chi connectivity index (χ2v) is 6.46. The van der Waals surface area contributed by atoms with Crippen LogP contribution in [0, 0.1) is 0 Å². The highest BCUT2D eigenvalue weighted by molar-refractivity contribution is 5.71. The van der Waals surface area contributed by atoms with Crippen molar-refractivity contribution < 1.29 is 27.4 Å². The number of methoxy groups -OCH3 is 2. The molecule has 0 amide bonds. The first-order chi connectivity index (χ1) is 14.4. The lowest BCUT2D eigenvalue weighted by molar-refractivity contribution is -0.274. The van der Waals surface area contributed by atoms with Crippen LogP contribution in [0.25, 0.3) is 28.0 Å². The highest BCUT2D eigenvalue weighted by Gasteiger charge is 2.31. The van der Waals surface area contributed by atoms with E-state index < -0.39 is 6.36 Å². The molecule has 0 N–H and O–H groups in total. The molecule has 0 aliphatic rings. The number of benzene rings is 2. The molecule has 4 rings (SSSR count). The second kappa shape index (κ2) is 7.62. The molecule has 0 saturated heterocycles. The van der Waals surface area contributed by atoms with Crippen molar-refractivity contribution in [3.8, 4) is 39.6 Å². The number of rotatable bonds is 5. The van der Waals surface area contributed by atoms with Gasteiger partial charge in [0.2, 0.25) is 0 Å². The van der Waals surface area contributed by atoms with Crippen LogP contribution in [0.3, 0.4) is 0 Å². The molecule has 0 fully saturated rings. The van der Waals surface area contributed by atoms with Gasteiger partial charge >= 0.3 is 6.36 Å². The highest BCUT2D eigenvalue weighted by atomic mass is 19.4. The van der Waals surface area contributed by atoms with Crippen molar-refractivity contribution in [2.24, 2.45) is 0 Å². The van der Waals surface area contributed by atoms with Gasteiger partial charge in [-0.3, -0.25) is 4.40 Å². The summed E-state index contributed by atoms with van der Waals surface area (Å²) < 4.78 is 53.6. The van der Waals surface area contributed by atoms with Crippen molar-refractivity contribution >= 4 is 5.65 Å². The predicted molar refractivity (Wildman–Crippen MR) is 106 cm³/mol. The standard InChI is InChI=1S/C22H17F3N2O3/c1-28-18-9-16(10-19(11-18)29-2)15-5-8-21-26-12-20(27(21)13-15)14-3-6-17(7-4-14)30-22(23,24)25/h3-13H,1-2H3. The lowest BCUT2D eigenvalue weighted by atomic mass is 10.1. The van der Waals surface area contributed by atoms with Crippen molar-refractivity contribution in [2.75, 3.05) is 14.2 Å². The Morgan fingerprint density at radius 3 is 2.00 bits per heavy atom. The number of pyridine rings is 1. The van der Waals surface area contributed by atoms with Gasteiger partial charge in [-0.25, -0.2) is 4.98 Å². The Balaban J connectivity index is 1.74. The summed E-state index contributed by atoms with van der Waals surface area (Å²) in [4.78, 5) is 4.38. The maximum atomic E-state index is 12.4. The van der Waals surface area contributed by atoms with Crippen LogP contribution >= 0.6 is 0 Å². The van der Waals surface area contributed by atoms with Crippen molar-refractivity contribution in [1.82, 2.24) is 9.38 Å². The van der Waals surface area contributed by atoms with E-state index in [1.54, 1.807) is 38.6 Å². The van der Waals surface area contributed by atoms with Crippen molar-refractivity contribution in [2.45, 2.75) is 6.36 Å². The molecule has 30 heavy (non-hydrogen) atoms. The Bertz CT molecular complexity index is 1160. The number of alkyl halides is 3. The van der Waals surface area contributed by atoms with E-state index in [9.17, 15) is 13.2 Å². The average molecular weight is 414 g/mol. The van der Waals surface area contributed by atoms with Gasteiger partial charge in [-0.05, 0) is 59.7 Å². The molecule has 0 unspecified atom stereocenters. The van der Waals surface area contributed by atoms with Gasteiger partial charge in [0.25, 0.3) is 0 Å². The van der Waals surface area contributed by atoms with Crippen LogP contribution in [0.4, 0.5) is 13.2 Å². The van der Waals surface area contributed by atoms with Crippen LogP contribution in [0.1, 0.15) is 0 Å². The average Bonchev–Trinajstić information content (AvgIpc) is 3.16. The Kier molecular flexibility index (Phi) is 4.99. The fourth-order valence-electron chi connectivity index (χ4n) is 3.17. The fourth-order valence-corrected chi connectivity index (χ4v) is 3.17. The molecule has 2 heterocycles. The largest absolute Gasteiger partial charge is 0.573 e. The second-order valence-electron chi connectivity index (χ2n) is 6.46. The van der Waals surface area contributed by atoms with E-state index in [4.69, 9.17) is 9.47 Å². The van der Waals surface area contributed by atoms with Crippen LogP contribution in [-0.4, -0.2) is 30.0 Å². The van der Waals surface area contributed by atoms with Crippen molar-refractivity contribution in [3.05, 3.63) is 67.0 Å². The van der Waals surface area contributed by atoms with Crippen LogP contribution in [0.15, 0.2) is 67.0 Å². The van der Waals surface area contributed by atoms with E-state index in [1.807, 2.05) is 34.9 Å². The van der Waals surface area contributed by atoms with E-state index >= 15 is 0 Å². The monoisotopic (exact) mass is 414 g/mol. The number of imidazole rings is 1. The molecule has 2 aromatic heterocycles. The summed E-state index contributed by atoms with van der Waals surface area (Å²) >= 11 is 0. The molecule has 0 radical (unpaired) electrons. The third kappa shape index (κ3) is 4.03. The third-order valence-corrected chi connectivity index (χ3v) is 4.57. The van der Waals surface area contributed by atoms with Crippen LogP contribution in [0.5, 0.6) is 17.2 Å². The third-order valence-electron chi connectivity index (χ3n) is 4.57. The Morgan fingerprint density at radius 2 is 1.40 bits per heavy atom. The summed E-state index contributed by atoms with van der Waals surface area (Å²) in [5.74, 6) is 1.05. The molecule has 0 spiro atoms. The summed E-state index contributed by atoms with van der Waals surface area (Å²) in [7, 11) is 3.17. The Labute approximate surface area is 170 Å². The topological polar surface area (TPSA) is 45.0 Å². The zero-order valence-electron chi connectivity index (χ0n) is 16.1. The van der Waals surface area contributed by atoms with Gasteiger partial charge in [0.15, 0.2) is 0 Å². The zero-order chi connectivity index (χ0) is 21.3. The SMILES string of the molecule is COc1cc(OC)cc(-c2ccc3ncc(-c4ccc(OC(F)(F)F)cc4)n3c2)c1. The molecular formula is C22H17F3N2O3. The minimum atomic E-state index is -4.72. The summed E-state index contributed by atoms with van der Waals surface area (Å²) in [5, 5.41) is 0. The van der Waals surface area contributed by atoms with E-state index in [2.05, 4.69) is 9.72 Å². The lowest BCUT2D eigenvalue weighted by Gasteiger charge is -2.11. The number of halogens is 3. The van der Waals surface area contributed by atoms with E-state index in [0.29, 0.717) is 22.7 Å². The van der Waals surface area contributed by atoms with Gasteiger partial charge in [0, 0.05) is 17.8 Å². The van der Waals surface area contributed by atoms with E-state index in [0.717, 1.165) is 16.8 Å². The predicted octanol–water partition coefficient (Wildman–Crippen LogP) is 5.58. The van der Waals surface area contributed by atoms with Gasteiger partial charge in [-0.15, -0.1) is 13.2 Å². The minimum Gasteiger partial charge on any atom is -0.497 e. The Morgan fingerprint density at radius 1 is 0.767 bits per heavy atom. The highest BCUT2D eigenvalue weighted by Crippen LogP contribution is 2.32. The van der Waals surface area contributed by atoms with Gasteiger partial charge < -0.3 is 14.2 Å². The van der Waals surface area contributed by atoms with Crippen molar-refractivity contribution in [1.29, 1.82) is 0 Å². The molecule has 0 bridgehead atoms. The first-order valence-corrected chi connectivity index (χ1v) is 8.93. The molecule has 2 aromatic carbocycles. The molecule has 5 nitrogen and oxygen atoms in total. The quantitative estimate of drug-likeness (QED) is 0.427. The normalized spacial score (nSPS) is 11.5. The number of fused-ring (bicyclic) bond motifs is 1. The number of ether oxygens (including phenoxy) is 3. The lowest BCUT2D eigenvalue weighted by Crippen LogP contribution is -2.16. The first-order valence-electron chi connectivity index (χ1n) is 8.93. The summed E-state index contributed by atoms with van der Waals surface area (Å²) in [6.45, 7) is 0. The molecule has 0 atom stereocenters. The number of hydrogen-bond acceptors (Lipinski definition) is 4. The maximum absolute atomic E-state index is 12.4. The fraction of sp³-hybridized carbons (Fsp3) is 0.136. The van der Waals surface area contributed by atoms with Gasteiger partial charge in [0.05, 0.1) is 26.1 Å². The van der Waals surface area contributed by atoms with Gasteiger partial charge in [-0.1, -0.05) is 0 Å². The van der Waals surface area contributed by atoms with E-state index in [1.165, 1.54) is 12.1 Å². The van der Waals surface area contributed by atoms with Gasteiger partial charge in [0.1, 0.15) is 22.9 Å². The molecule has 8 heteroatoms. The van der Waals surface area contributed by atoms with Gasteiger partial charge in [-0.2, -0.15) is 0 Å². The Hall–Kier alpha value is -3.68. The summed E-state index contributed by atoms with van der Waals surface area (Å²) in [5.41, 5.74) is 3.94. The van der Waals surface area contributed by atoms with E-state index in [-0.39, 0.29) is 5.75 Å². The maximum Gasteiger partial charge on any atom is 0.573 e. The minimum absolute atomic E-state index is 0.274. The number of hydrogen-bond donors (Lipinski definition) is 0. The van der Waals surface area contributed by atoms with Crippen LogP contribution in [-0.2, 0) is 0 Å². The molecular weight excluding hydrogens is 397 g/mol. The molecule has 4 aromatic rings. The smallest absolute Gasteiger partial charge is 0.497 e. The van der Waals surface area contributed by atoms with Crippen LogP contribution in [0.2, 0.25) is 0 Å². The van der Waals surface area contributed by atoms with Crippen molar-refractivity contribution in [3.63, 3.8) is 0 Å². The number of nitrogens with zero attached hydrogens (tertiary/aromatic N) is 2. The summed E-state index contributed by atoms with van der Waals surface area (Å²) in [6, 6.07) is 15.0. The first kappa shape index (κ1) is 19.6. The zero-order valence-corrected chi connectivity index (χ0v) is 16.1. The molecule has 154 valence electrons. The van der Waals surface area contributed by atoms with Crippen LogP contribution < -0.4 is 14.2 Å². The molecule has 0 aliphatic carbocycles. The number of aromatic nitrogens is 2. The molecule has 0 saturated carbocycles. The molecule has 0 aliphatic heterocycles.